The third-order valence-electron chi connectivity index (χ3n) is 5.22. The summed E-state index contributed by atoms with van der Waals surface area (Å²) in [5.74, 6) is 0. The number of benzene rings is 2. The predicted octanol–water partition coefficient (Wildman–Crippen LogP) is 4.43. The van der Waals surface area contributed by atoms with Crippen molar-refractivity contribution in [2.24, 2.45) is 0 Å². The summed E-state index contributed by atoms with van der Waals surface area (Å²) < 4.78 is 28.9. The maximum atomic E-state index is 12.8. The molecule has 0 amide bonds. The smallest absolute Gasteiger partial charge is 0.250 e. The van der Waals surface area contributed by atoms with E-state index in [1.54, 1.807) is 17.5 Å². The molecule has 1 aromatic heterocycles. The maximum absolute atomic E-state index is 12.8. The Balaban J connectivity index is 1.54. The summed E-state index contributed by atoms with van der Waals surface area (Å²) in [5, 5.41) is 5.38. The minimum atomic E-state index is -3.53. The zero-order valence-electron chi connectivity index (χ0n) is 15.5. The molecule has 1 aliphatic rings. The van der Waals surface area contributed by atoms with Gasteiger partial charge in [0.05, 0.1) is 0 Å². The number of sulfonamides is 1. The van der Waals surface area contributed by atoms with E-state index in [-0.39, 0.29) is 12.1 Å². The van der Waals surface area contributed by atoms with Crippen LogP contribution in [0.1, 0.15) is 41.6 Å². The normalized spacial score (nSPS) is 17.8. The van der Waals surface area contributed by atoms with Crippen LogP contribution >= 0.6 is 11.3 Å². The zero-order chi connectivity index (χ0) is 19.4. The molecule has 4 rings (SSSR count). The first-order chi connectivity index (χ1) is 13.6. The van der Waals surface area contributed by atoms with Gasteiger partial charge >= 0.3 is 0 Å². The van der Waals surface area contributed by atoms with Crippen LogP contribution in [0.15, 0.2) is 76.3 Å². The van der Waals surface area contributed by atoms with Gasteiger partial charge in [0.25, 0.3) is 10.0 Å². The molecule has 0 saturated heterocycles. The summed E-state index contributed by atoms with van der Waals surface area (Å²) in [6.45, 7) is 0.957. The van der Waals surface area contributed by atoms with Crippen molar-refractivity contribution in [3.63, 3.8) is 0 Å². The molecule has 2 aromatic carbocycles. The topological polar surface area (TPSA) is 58.2 Å². The summed E-state index contributed by atoms with van der Waals surface area (Å²) in [5.41, 5.74) is 3.72. The van der Waals surface area contributed by atoms with E-state index in [2.05, 4.69) is 34.3 Å². The van der Waals surface area contributed by atoms with Crippen molar-refractivity contribution < 1.29 is 8.42 Å². The van der Waals surface area contributed by atoms with E-state index in [4.69, 9.17) is 0 Å². The SMILES string of the molecule is O=S(=O)(NC(CCC1NCCc2ccccc21)c1ccccc1)c1cccs1. The average Bonchev–Trinajstić information content (AvgIpc) is 3.28. The average molecular weight is 413 g/mol. The van der Waals surface area contributed by atoms with Crippen molar-refractivity contribution in [1.82, 2.24) is 10.0 Å². The highest BCUT2D eigenvalue weighted by molar-refractivity contribution is 7.91. The zero-order valence-corrected chi connectivity index (χ0v) is 17.2. The van der Waals surface area contributed by atoms with E-state index in [9.17, 15) is 8.42 Å². The molecule has 3 aromatic rings. The van der Waals surface area contributed by atoms with Gasteiger partial charge in [-0.25, -0.2) is 13.1 Å². The fourth-order valence-corrected chi connectivity index (χ4v) is 6.09. The second-order valence-corrected chi connectivity index (χ2v) is 9.94. The van der Waals surface area contributed by atoms with E-state index in [0.29, 0.717) is 4.21 Å². The second kappa shape index (κ2) is 8.57. The minimum absolute atomic E-state index is 0.252. The lowest BCUT2D eigenvalue weighted by molar-refractivity contribution is 0.430. The molecule has 2 heterocycles. The second-order valence-electron chi connectivity index (χ2n) is 7.05. The summed E-state index contributed by atoms with van der Waals surface area (Å²) in [6, 6.07) is 21.8. The monoisotopic (exact) mass is 412 g/mol. The Morgan fingerprint density at radius 3 is 2.61 bits per heavy atom. The van der Waals surface area contributed by atoms with Crippen molar-refractivity contribution in [3.05, 3.63) is 88.8 Å². The van der Waals surface area contributed by atoms with Gasteiger partial charge in [0.2, 0.25) is 0 Å². The number of nitrogens with one attached hydrogen (secondary N) is 2. The molecule has 146 valence electrons. The first-order valence-electron chi connectivity index (χ1n) is 9.55. The van der Waals surface area contributed by atoms with Crippen LogP contribution in [-0.4, -0.2) is 15.0 Å². The predicted molar refractivity (Wildman–Crippen MR) is 114 cm³/mol. The molecule has 0 radical (unpaired) electrons. The fourth-order valence-electron chi connectivity index (χ4n) is 3.82. The fraction of sp³-hybridized carbons (Fsp3) is 0.273. The lowest BCUT2D eigenvalue weighted by Gasteiger charge is -2.28. The third kappa shape index (κ3) is 4.36. The highest BCUT2D eigenvalue weighted by Gasteiger charge is 2.25. The minimum Gasteiger partial charge on any atom is -0.310 e. The van der Waals surface area contributed by atoms with E-state index in [1.807, 2.05) is 30.3 Å². The lowest BCUT2D eigenvalue weighted by atomic mass is 9.90. The van der Waals surface area contributed by atoms with Gasteiger partial charge in [-0.15, -0.1) is 11.3 Å². The standard InChI is InChI=1S/C22H24N2O2S2/c25-28(26,22-11-6-16-27-22)24-20(18-8-2-1-3-9-18)12-13-21-19-10-5-4-7-17(19)14-15-23-21/h1-11,16,20-21,23-24H,12-15H2. The largest absolute Gasteiger partial charge is 0.310 e. The molecular formula is C22H24N2O2S2. The van der Waals surface area contributed by atoms with Gasteiger partial charge in [-0.1, -0.05) is 60.7 Å². The van der Waals surface area contributed by atoms with Gasteiger partial charge in [0.15, 0.2) is 0 Å². The van der Waals surface area contributed by atoms with Crippen LogP contribution in [0.2, 0.25) is 0 Å². The summed E-state index contributed by atoms with van der Waals surface area (Å²) in [7, 11) is -3.53. The molecule has 2 unspecified atom stereocenters. The molecular weight excluding hydrogens is 388 g/mol. The van der Waals surface area contributed by atoms with E-state index < -0.39 is 10.0 Å². The molecule has 0 bridgehead atoms. The van der Waals surface area contributed by atoms with Gasteiger partial charge in [-0.05, 0) is 53.9 Å². The van der Waals surface area contributed by atoms with Gasteiger partial charge in [0, 0.05) is 12.1 Å². The van der Waals surface area contributed by atoms with E-state index in [0.717, 1.165) is 31.4 Å². The highest BCUT2D eigenvalue weighted by Crippen LogP contribution is 2.30. The van der Waals surface area contributed by atoms with Gasteiger partial charge in [-0.2, -0.15) is 0 Å². The molecule has 2 atom stereocenters. The molecule has 0 saturated carbocycles. The van der Waals surface area contributed by atoms with Gasteiger partial charge < -0.3 is 5.32 Å². The van der Waals surface area contributed by atoms with Crippen LogP contribution < -0.4 is 10.0 Å². The van der Waals surface area contributed by atoms with Gasteiger partial charge in [0.1, 0.15) is 4.21 Å². The summed E-state index contributed by atoms with van der Waals surface area (Å²) in [6.07, 6.45) is 2.63. The van der Waals surface area contributed by atoms with E-state index in [1.165, 1.54) is 22.5 Å². The Bertz CT molecular complexity index is 1000. The number of fused-ring (bicyclic) bond motifs is 1. The number of hydrogen-bond donors (Lipinski definition) is 2. The van der Waals surface area contributed by atoms with Gasteiger partial charge in [-0.3, -0.25) is 0 Å². The molecule has 4 nitrogen and oxygen atoms in total. The summed E-state index contributed by atoms with van der Waals surface area (Å²) >= 11 is 1.24. The van der Waals surface area contributed by atoms with E-state index >= 15 is 0 Å². The van der Waals surface area contributed by atoms with Crippen LogP contribution in [-0.2, 0) is 16.4 Å². The molecule has 0 aliphatic carbocycles. The number of rotatable bonds is 7. The van der Waals surface area contributed by atoms with Crippen molar-refractivity contribution in [1.29, 1.82) is 0 Å². The van der Waals surface area contributed by atoms with Crippen LogP contribution in [0.3, 0.4) is 0 Å². The maximum Gasteiger partial charge on any atom is 0.250 e. The van der Waals surface area contributed by atoms with Crippen molar-refractivity contribution in [2.45, 2.75) is 35.6 Å². The Labute approximate surface area is 170 Å². The highest BCUT2D eigenvalue weighted by atomic mass is 32.2. The lowest BCUT2D eigenvalue weighted by Crippen LogP contribution is -2.32. The van der Waals surface area contributed by atoms with Crippen molar-refractivity contribution >= 4 is 21.4 Å². The molecule has 6 heteroatoms. The molecule has 0 fully saturated rings. The van der Waals surface area contributed by atoms with Crippen LogP contribution in [0.4, 0.5) is 0 Å². The van der Waals surface area contributed by atoms with Crippen LogP contribution in [0, 0.1) is 0 Å². The Morgan fingerprint density at radius 2 is 1.82 bits per heavy atom. The molecule has 1 aliphatic heterocycles. The molecule has 28 heavy (non-hydrogen) atoms. The van der Waals surface area contributed by atoms with Crippen molar-refractivity contribution in [2.75, 3.05) is 6.54 Å². The number of hydrogen-bond acceptors (Lipinski definition) is 4. The first kappa shape index (κ1) is 19.3. The van der Waals surface area contributed by atoms with Crippen LogP contribution in [0.5, 0.6) is 0 Å². The quantitative estimate of drug-likeness (QED) is 0.603. The van der Waals surface area contributed by atoms with Crippen molar-refractivity contribution in [3.8, 4) is 0 Å². The number of thiophene rings is 1. The Kier molecular flexibility index (Phi) is 5.92. The first-order valence-corrected chi connectivity index (χ1v) is 11.9. The third-order valence-corrected chi connectivity index (χ3v) is 8.09. The molecule has 2 N–H and O–H groups in total. The molecule has 0 spiro atoms. The Hall–Kier alpha value is -1.99. The summed E-state index contributed by atoms with van der Waals surface area (Å²) in [4.78, 5) is 0. The van der Waals surface area contributed by atoms with Crippen LogP contribution in [0.25, 0.3) is 0 Å². The Morgan fingerprint density at radius 1 is 1.04 bits per heavy atom.